The van der Waals surface area contributed by atoms with Crippen LogP contribution < -0.4 is 0 Å². The van der Waals surface area contributed by atoms with Crippen LogP contribution >= 0.6 is 0 Å². The van der Waals surface area contributed by atoms with Gasteiger partial charge in [-0.05, 0) is 36.0 Å². The van der Waals surface area contributed by atoms with E-state index in [1.54, 1.807) is 12.1 Å². The van der Waals surface area contributed by atoms with Crippen LogP contribution in [0.15, 0.2) is 29.2 Å². The van der Waals surface area contributed by atoms with Crippen LogP contribution in [0.25, 0.3) is 0 Å². The Morgan fingerprint density at radius 1 is 1.05 bits per heavy atom. The quantitative estimate of drug-likeness (QED) is 0.489. The third-order valence-electron chi connectivity index (χ3n) is 4.24. The molecule has 0 aliphatic rings. The highest BCUT2D eigenvalue weighted by atomic mass is 32.2. The molecule has 0 aliphatic carbocycles. The van der Waals surface area contributed by atoms with Crippen molar-refractivity contribution >= 4 is 10.1 Å². The second-order valence-electron chi connectivity index (χ2n) is 5.89. The molecule has 0 bridgehead atoms. The van der Waals surface area contributed by atoms with E-state index in [1.807, 2.05) is 12.1 Å². The molecular weight excluding hydrogens is 284 g/mol. The lowest BCUT2D eigenvalue weighted by atomic mass is 9.93. The average Bonchev–Trinajstić information content (AvgIpc) is 2.51. The van der Waals surface area contributed by atoms with Crippen molar-refractivity contribution in [3.05, 3.63) is 29.8 Å². The predicted molar refractivity (Wildman–Crippen MR) is 87.0 cm³/mol. The lowest BCUT2D eigenvalue weighted by Crippen LogP contribution is -2.03. The Kier molecular flexibility index (Phi) is 7.40. The van der Waals surface area contributed by atoms with Gasteiger partial charge in [0.15, 0.2) is 0 Å². The summed E-state index contributed by atoms with van der Waals surface area (Å²) in [6.45, 7) is 6.74. The van der Waals surface area contributed by atoms with Gasteiger partial charge in [0.1, 0.15) is 0 Å². The first-order valence-corrected chi connectivity index (χ1v) is 9.22. The van der Waals surface area contributed by atoms with Gasteiger partial charge in [-0.3, -0.25) is 4.18 Å². The van der Waals surface area contributed by atoms with Crippen LogP contribution in [0, 0.1) is 5.92 Å². The minimum atomic E-state index is -3.57. The molecule has 0 N–H and O–H groups in total. The molecule has 0 aromatic heterocycles. The van der Waals surface area contributed by atoms with Crippen molar-refractivity contribution in [3.63, 3.8) is 0 Å². The zero-order valence-electron chi connectivity index (χ0n) is 13.6. The molecule has 1 aromatic carbocycles. The molecule has 0 aliphatic heterocycles. The van der Waals surface area contributed by atoms with Crippen molar-refractivity contribution in [1.29, 1.82) is 0 Å². The molecular formula is C17H28O3S. The number of rotatable bonds is 9. The standard InChI is InChI=1S/C17H28O3S/c1-5-14(2)8-6-7-9-15(3)16-10-12-17(13-11-16)21(18,19)20-4/h10-15H,5-9H2,1-4H3. The van der Waals surface area contributed by atoms with Crippen LogP contribution in [0.5, 0.6) is 0 Å². The number of hydrogen-bond acceptors (Lipinski definition) is 3. The van der Waals surface area contributed by atoms with E-state index in [1.165, 1.54) is 38.4 Å². The Morgan fingerprint density at radius 3 is 2.14 bits per heavy atom. The highest BCUT2D eigenvalue weighted by molar-refractivity contribution is 7.86. The molecule has 3 nitrogen and oxygen atoms in total. The Bertz CT molecular complexity index is 505. The molecule has 120 valence electrons. The molecule has 21 heavy (non-hydrogen) atoms. The summed E-state index contributed by atoms with van der Waals surface area (Å²) in [4.78, 5) is 0.220. The summed E-state index contributed by atoms with van der Waals surface area (Å²) in [6.07, 6.45) is 6.20. The van der Waals surface area contributed by atoms with Gasteiger partial charge in [0.2, 0.25) is 0 Å². The SMILES string of the molecule is CCC(C)CCCCC(C)c1ccc(S(=O)(=O)OC)cc1. The summed E-state index contributed by atoms with van der Waals surface area (Å²) >= 11 is 0. The molecule has 1 rings (SSSR count). The van der Waals surface area contributed by atoms with Crippen molar-refractivity contribution in [2.24, 2.45) is 5.92 Å². The fourth-order valence-electron chi connectivity index (χ4n) is 2.37. The normalized spacial score (nSPS) is 14.9. The van der Waals surface area contributed by atoms with Crippen LogP contribution in [0.4, 0.5) is 0 Å². The van der Waals surface area contributed by atoms with Gasteiger partial charge in [0, 0.05) is 0 Å². The van der Waals surface area contributed by atoms with E-state index in [4.69, 9.17) is 0 Å². The minimum absolute atomic E-state index is 0.220. The van der Waals surface area contributed by atoms with E-state index in [2.05, 4.69) is 25.0 Å². The zero-order valence-corrected chi connectivity index (χ0v) is 14.4. The maximum absolute atomic E-state index is 11.6. The van der Waals surface area contributed by atoms with Crippen molar-refractivity contribution < 1.29 is 12.6 Å². The summed E-state index contributed by atoms with van der Waals surface area (Å²) in [5.41, 5.74) is 1.19. The molecule has 2 atom stereocenters. The average molecular weight is 312 g/mol. The first kappa shape index (κ1) is 18.2. The van der Waals surface area contributed by atoms with E-state index in [-0.39, 0.29) is 4.90 Å². The molecule has 1 aromatic rings. The van der Waals surface area contributed by atoms with Gasteiger partial charge in [0.25, 0.3) is 10.1 Å². The molecule has 0 saturated heterocycles. The second-order valence-corrected chi connectivity index (χ2v) is 7.60. The molecule has 0 heterocycles. The van der Waals surface area contributed by atoms with Gasteiger partial charge in [-0.15, -0.1) is 0 Å². The van der Waals surface area contributed by atoms with E-state index < -0.39 is 10.1 Å². The monoisotopic (exact) mass is 312 g/mol. The molecule has 0 spiro atoms. The van der Waals surface area contributed by atoms with Crippen LogP contribution in [0.1, 0.15) is 64.4 Å². The van der Waals surface area contributed by atoms with Crippen LogP contribution in [-0.4, -0.2) is 15.5 Å². The second kappa shape index (κ2) is 8.54. The van der Waals surface area contributed by atoms with E-state index >= 15 is 0 Å². The molecule has 0 amide bonds. The van der Waals surface area contributed by atoms with Gasteiger partial charge < -0.3 is 0 Å². The van der Waals surface area contributed by atoms with Gasteiger partial charge in [0.05, 0.1) is 12.0 Å². The predicted octanol–water partition coefficient (Wildman–Crippen LogP) is 4.73. The first-order chi connectivity index (χ1) is 9.90. The summed E-state index contributed by atoms with van der Waals surface area (Å²) in [6, 6.07) is 7.05. The lowest BCUT2D eigenvalue weighted by molar-refractivity contribution is 0.397. The van der Waals surface area contributed by atoms with Crippen molar-refractivity contribution in [2.75, 3.05) is 7.11 Å². The smallest absolute Gasteiger partial charge is 0.270 e. The molecule has 0 saturated carbocycles. The Hall–Kier alpha value is -0.870. The van der Waals surface area contributed by atoms with Crippen molar-refractivity contribution in [2.45, 2.75) is 63.7 Å². The fourth-order valence-corrected chi connectivity index (χ4v) is 3.04. The lowest BCUT2D eigenvalue weighted by Gasteiger charge is -2.13. The van der Waals surface area contributed by atoms with Gasteiger partial charge in [-0.1, -0.05) is 58.6 Å². The molecule has 0 fully saturated rings. The van der Waals surface area contributed by atoms with Crippen LogP contribution in [0.2, 0.25) is 0 Å². The molecule has 0 radical (unpaired) electrons. The molecule has 4 heteroatoms. The Labute approximate surface area is 129 Å². The Morgan fingerprint density at radius 2 is 1.62 bits per heavy atom. The van der Waals surface area contributed by atoms with E-state index in [0.717, 1.165) is 12.3 Å². The van der Waals surface area contributed by atoms with Gasteiger partial charge >= 0.3 is 0 Å². The summed E-state index contributed by atoms with van der Waals surface area (Å²) in [5, 5.41) is 0. The van der Waals surface area contributed by atoms with Crippen LogP contribution in [0.3, 0.4) is 0 Å². The highest BCUT2D eigenvalue weighted by Gasteiger charge is 2.13. The Balaban J connectivity index is 2.50. The van der Waals surface area contributed by atoms with Gasteiger partial charge in [-0.2, -0.15) is 8.42 Å². The highest BCUT2D eigenvalue weighted by Crippen LogP contribution is 2.24. The first-order valence-electron chi connectivity index (χ1n) is 7.81. The maximum atomic E-state index is 11.6. The molecule has 2 unspecified atom stereocenters. The largest absolute Gasteiger partial charge is 0.296 e. The van der Waals surface area contributed by atoms with E-state index in [0.29, 0.717) is 5.92 Å². The summed E-state index contributed by atoms with van der Waals surface area (Å²) in [7, 11) is -2.39. The van der Waals surface area contributed by atoms with Gasteiger partial charge in [-0.25, -0.2) is 0 Å². The summed E-state index contributed by atoms with van der Waals surface area (Å²) in [5.74, 6) is 1.28. The number of hydrogen-bond donors (Lipinski definition) is 0. The van der Waals surface area contributed by atoms with Crippen molar-refractivity contribution in [1.82, 2.24) is 0 Å². The third-order valence-corrected chi connectivity index (χ3v) is 5.53. The fraction of sp³-hybridized carbons (Fsp3) is 0.647. The third kappa shape index (κ3) is 5.79. The van der Waals surface area contributed by atoms with Crippen molar-refractivity contribution in [3.8, 4) is 0 Å². The summed E-state index contributed by atoms with van der Waals surface area (Å²) < 4.78 is 27.6. The van der Waals surface area contributed by atoms with E-state index in [9.17, 15) is 8.42 Å². The number of unbranched alkanes of at least 4 members (excludes halogenated alkanes) is 1. The van der Waals surface area contributed by atoms with Crippen LogP contribution in [-0.2, 0) is 14.3 Å². The number of benzene rings is 1. The minimum Gasteiger partial charge on any atom is -0.270 e. The topological polar surface area (TPSA) is 43.4 Å². The maximum Gasteiger partial charge on any atom is 0.296 e. The zero-order chi connectivity index (χ0) is 15.9.